The Bertz CT molecular complexity index is 484. The molecule has 2 aliphatic rings. The number of nitrogens with zero attached hydrogens (tertiary/aromatic N) is 1. The van der Waals surface area contributed by atoms with E-state index in [0.717, 1.165) is 25.9 Å². The minimum absolute atomic E-state index is 0.000871. The van der Waals surface area contributed by atoms with Crippen LogP contribution in [0.15, 0.2) is 0 Å². The summed E-state index contributed by atoms with van der Waals surface area (Å²) in [7, 11) is -3.00. The van der Waals surface area contributed by atoms with Crippen LogP contribution in [0.1, 0.15) is 19.3 Å². The molecule has 0 aromatic carbocycles. The van der Waals surface area contributed by atoms with Crippen molar-refractivity contribution in [3.8, 4) is 0 Å². The maximum atomic E-state index is 12.0. The van der Waals surface area contributed by atoms with Crippen LogP contribution in [-0.4, -0.2) is 61.4 Å². The first kappa shape index (κ1) is 15.7. The zero-order valence-electron chi connectivity index (χ0n) is 11.4. The molecular formula is C12H21N3O3S2. The van der Waals surface area contributed by atoms with Crippen LogP contribution < -0.4 is 11.1 Å². The highest BCUT2D eigenvalue weighted by Gasteiger charge is 2.34. The predicted molar refractivity (Wildman–Crippen MR) is 81.2 cm³/mol. The van der Waals surface area contributed by atoms with Crippen molar-refractivity contribution in [1.29, 1.82) is 0 Å². The monoisotopic (exact) mass is 319 g/mol. The van der Waals surface area contributed by atoms with Gasteiger partial charge in [-0.15, -0.1) is 0 Å². The number of nitrogens with one attached hydrogen (secondary N) is 1. The molecule has 0 spiro atoms. The molecule has 1 amide bonds. The first-order valence-electron chi connectivity index (χ1n) is 6.87. The summed E-state index contributed by atoms with van der Waals surface area (Å²) in [6.45, 7) is 2.33. The SMILES string of the molecule is NC(=S)CN1CCC(NC(=O)C2CCS(=O)(=O)C2)CC1. The molecule has 114 valence electrons. The molecule has 2 aliphatic heterocycles. The molecule has 0 aliphatic carbocycles. The van der Waals surface area contributed by atoms with Gasteiger partial charge in [-0.25, -0.2) is 8.42 Å². The van der Waals surface area contributed by atoms with Crippen LogP contribution in [0.3, 0.4) is 0 Å². The summed E-state index contributed by atoms with van der Waals surface area (Å²) in [6.07, 6.45) is 2.16. The topological polar surface area (TPSA) is 92.5 Å². The number of hydrogen-bond donors (Lipinski definition) is 2. The van der Waals surface area contributed by atoms with Gasteiger partial charge in [0.25, 0.3) is 0 Å². The summed E-state index contributed by atoms with van der Waals surface area (Å²) >= 11 is 4.88. The number of rotatable bonds is 4. The summed E-state index contributed by atoms with van der Waals surface area (Å²) in [5.74, 6) is -0.343. The fourth-order valence-corrected chi connectivity index (χ4v) is 4.70. The van der Waals surface area contributed by atoms with E-state index in [1.54, 1.807) is 0 Å². The summed E-state index contributed by atoms with van der Waals surface area (Å²) in [4.78, 5) is 14.7. The molecule has 0 bridgehead atoms. The van der Waals surface area contributed by atoms with Crippen molar-refractivity contribution in [3.63, 3.8) is 0 Å². The third-order valence-corrected chi connectivity index (χ3v) is 5.81. The van der Waals surface area contributed by atoms with Gasteiger partial charge < -0.3 is 11.1 Å². The number of sulfone groups is 1. The summed E-state index contributed by atoms with van der Waals surface area (Å²) < 4.78 is 22.7. The highest BCUT2D eigenvalue weighted by atomic mass is 32.2. The average Bonchev–Trinajstić information content (AvgIpc) is 2.72. The van der Waals surface area contributed by atoms with Gasteiger partial charge in [-0.05, 0) is 19.3 Å². The summed E-state index contributed by atoms with van der Waals surface area (Å²) in [5.41, 5.74) is 5.51. The predicted octanol–water partition coefficient (Wildman–Crippen LogP) is -0.712. The Morgan fingerprint density at radius 1 is 1.30 bits per heavy atom. The first-order chi connectivity index (χ1) is 9.35. The Hall–Kier alpha value is -0.730. The lowest BCUT2D eigenvalue weighted by Crippen LogP contribution is -2.47. The van der Waals surface area contributed by atoms with Gasteiger partial charge in [0, 0.05) is 25.7 Å². The number of thiocarbonyl (C=S) groups is 1. The third-order valence-electron chi connectivity index (χ3n) is 3.92. The molecule has 2 heterocycles. The van der Waals surface area contributed by atoms with Crippen LogP contribution in [0.5, 0.6) is 0 Å². The molecule has 8 heteroatoms. The van der Waals surface area contributed by atoms with Gasteiger partial charge in [-0.1, -0.05) is 12.2 Å². The molecule has 20 heavy (non-hydrogen) atoms. The summed E-state index contributed by atoms with van der Waals surface area (Å²) in [5, 5.41) is 2.98. The quantitative estimate of drug-likeness (QED) is 0.665. The van der Waals surface area contributed by atoms with Crippen LogP contribution in [0, 0.1) is 5.92 Å². The molecule has 0 aromatic heterocycles. The van der Waals surface area contributed by atoms with E-state index >= 15 is 0 Å². The lowest BCUT2D eigenvalue weighted by Gasteiger charge is -2.32. The van der Waals surface area contributed by atoms with E-state index in [2.05, 4.69) is 10.2 Å². The second-order valence-electron chi connectivity index (χ2n) is 5.63. The number of likely N-dealkylation sites (tertiary alicyclic amines) is 1. The normalized spacial score (nSPS) is 27.3. The second kappa shape index (κ2) is 6.36. The van der Waals surface area contributed by atoms with E-state index in [0.29, 0.717) is 18.0 Å². The number of carbonyl (C=O) groups is 1. The van der Waals surface area contributed by atoms with Gasteiger partial charge in [0.2, 0.25) is 5.91 Å². The van der Waals surface area contributed by atoms with Crippen molar-refractivity contribution in [1.82, 2.24) is 10.2 Å². The highest BCUT2D eigenvalue weighted by Crippen LogP contribution is 2.19. The van der Waals surface area contributed by atoms with E-state index in [4.69, 9.17) is 18.0 Å². The van der Waals surface area contributed by atoms with E-state index < -0.39 is 9.84 Å². The minimum Gasteiger partial charge on any atom is -0.392 e. The number of carbonyl (C=O) groups excluding carboxylic acids is 1. The highest BCUT2D eigenvalue weighted by molar-refractivity contribution is 7.91. The van der Waals surface area contributed by atoms with E-state index in [-0.39, 0.29) is 29.4 Å². The fraction of sp³-hybridized carbons (Fsp3) is 0.833. The molecule has 0 aromatic rings. The summed E-state index contributed by atoms with van der Waals surface area (Å²) in [6, 6.07) is 0.133. The Kier molecular flexibility index (Phi) is 4.98. The maximum absolute atomic E-state index is 12.0. The Balaban J connectivity index is 1.75. The molecule has 1 atom stereocenters. The van der Waals surface area contributed by atoms with Gasteiger partial charge >= 0.3 is 0 Å². The Labute approximate surface area is 125 Å². The van der Waals surface area contributed by atoms with Crippen molar-refractivity contribution >= 4 is 33.0 Å². The van der Waals surface area contributed by atoms with Crippen LogP contribution >= 0.6 is 12.2 Å². The Morgan fingerprint density at radius 3 is 2.45 bits per heavy atom. The standard InChI is InChI=1S/C12H21N3O3S2/c13-11(19)7-15-4-1-10(2-5-15)14-12(16)9-3-6-20(17,18)8-9/h9-10H,1-8H2,(H2,13,19)(H,14,16). The van der Waals surface area contributed by atoms with Crippen molar-refractivity contribution in [2.45, 2.75) is 25.3 Å². The number of hydrogen-bond acceptors (Lipinski definition) is 5. The molecule has 2 rings (SSSR count). The molecule has 0 saturated carbocycles. The third kappa shape index (κ3) is 4.39. The van der Waals surface area contributed by atoms with E-state index in [1.165, 1.54) is 0 Å². The maximum Gasteiger partial charge on any atom is 0.224 e. The fourth-order valence-electron chi connectivity index (χ4n) is 2.78. The second-order valence-corrected chi connectivity index (χ2v) is 8.38. The lowest BCUT2D eigenvalue weighted by molar-refractivity contribution is -0.125. The van der Waals surface area contributed by atoms with Gasteiger partial charge in [-0.2, -0.15) is 0 Å². The number of amides is 1. The molecule has 6 nitrogen and oxygen atoms in total. The van der Waals surface area contributed by atoms with Gasteiger partial charge in [0.1, 0.15) is 0 Å². The molecule has 1 unspecified atom stereocenters. The molecule has 3 N–H and O–H groups in total. The zero-order valence-corrected chi connectivity index (χ0v) is 13.0. The molecule has 2 saturated heterocycles. The van der Waals surface area contributed by atoms with E-state index in [1.807, 2.05) is 0 Å². The number of nitrogens with two attached hydrogens (primary N) is 1. The lowest BCUT2D eigenvalue weighted by atomic mass is 10.0. The van der Waals surface area contributed by atoms with Crippen molar-refractivity contribution in [2.75, 3.05) is 31.1 Å². The van der Waals surface area contributed by atoms with Crippen molar-refractivity contribution in [2.24, 2.45) is 11.7 Å². The largest absolute Gasteiger partial charge is 0.392 e. The zero-order chi connectivity index (χ0) is 14.8. The van der Waals surface area contributed by atoms with Gasteiger partial charge in [0.15, 0.2) is 9.84 Å². The minimum atomic E-state index is -3.00. The molecule has 0 radical (unpaired) electrons. The van der Waals surface area contributed by atoms with E-state index in [9.17, 15) is 13.2 Å². The molecule has 2 fully saturated rings. The van der Waals surface area contributed by atoms with Crippen molar-refractivity contribution in [3.05, 3.63) is 0 Å². The number of piperidine rings is 1. The van der Waals surface area contributed by atoms with Crippen molar-refractivity contribution < 1.29 is 13.2 Å². The molecular weight excluding hydrogens is 298 g/mol. The Morgan fingerprint density at radius 2 is 1.95 bits per heavy atom. The average molecular weight is 319 g/mol. The first-order valence-corrected chi connectivity index (χ1v) is 9.10. The van der Waals surface area contributed by atoms with Crippen LogP contribution in [-0.2, 0) is 14.6 Å². The van der Waals surface area contributed by atoms with Crippen LogP contribution in [0.25, 0.3) is 0 Å². The van der Waals surface area contributed by atoms with Gasteiger partial charge in [-0.3, -0.25) is 9.69 Å². The van der Waals surface area contributed by atoms with Gasteiger partial charge in [0.05, 0.1) is 22.4 Å². The smallest absolute Gasteiger partial charge is 0.224 e. The van der Waals surface area contributed by atoms with Crippen LogP contribution in [0.2, 0.25) is 0 Å². The van der Waals surface area contributed by atoms with Crippen LogP contribution in [0.4, 0.5) is 0 Å².